The Balaban J connectivity index is 3.30. The second-order valence-electron chi connectivity index (χ2n) is 9.46. The van der Waals surface area contributed by atoms with E-state index in [9.17, 15) is 0 Å². The van der Waals surface area contributed by atoms with E-state index < -0.39 is 15.6 Å². The van der Waals surface area contributed by atoms with E-state index >= 15 is 0 Å². The molecule has 0 saturated carbocycles. The first kappa shape index (κ1) is 30.5. The fraction of sp³-hybridized carbons (Fsp3) is 1.00. The van der Waals surface area contributed by atoms with Crippen LogP contribution in [0, 0.1) is 0 Å². The third-order valence-corrected chi connectivity index (χ3v) is 28.4. The zero-order valence-corrected chi connectivity index (χ0v) is 25.4. The molecular formula is C26H56S2Sn. The van der Waals surface area contributed by atoms with Crippen LogP contribution in [0.3, 0.4) is 0 Å². The van der Waals surface area contributed by atoms with Crippen LogP contribution < -0.4 is 0 Å². The molecule has 29 heavy (non-hydrogen) atoms. The van der Waals surface area contributed by atoms with Crippen LogP contribution in [-0.4, -0.2) is 27.1 Å². The van der Waals surface area contributed by atoms with Gasteiger partial charge >= 0.3 is 183 Å². The van der Waals surface area contributed by atoms with Crippen LogP contribution in [-0.2, 0) is 0 Å². The second-order valence-corrected chi connectivity index (χ2v) is 39.2. The molecule has 0 nitrogen and oxygen atoms in total. The molecule has 0 aliphatic rings. The monoisotopic (exact) mass is 552 g/mol. The Morgan fingerprint density at radius 2 is 0.621 bits per heavy atom. The Morgan fingerprint density at radius 3 is 0.897 bits per heavy atom. The van der Waals surface area contributed by atoms with Crippen molar-refractivity contribution in [3.05, 3.63) is 0 Å². The molecule has 0 unspecified atom stereocenters. The number of rotatable bonds is 24. The number of unbranched alkanes of at least 4 members (excludes halogenated alkanes) is 18. The minimum atomic E-state index is -1.81. The summed E-state index contributed by atoms with van der Waals surface area (Å²) in [5, 5.41) is 0. The van der Waals surface area contributed by atoms with Crippen LogP contribution in [0.25, 0.3) is 0 Å². The van der Waals surface area contributed by atoms with Gasteiger partial charge < -0.3 is 0 Å². The molecule has 0 N–H and O–H groups in total. The molecule has 0 radical (unpaired) electrons. The van der Waals surface area contributed by atoms with Gasteiger partial charge in [-0.15, -0.1) is 0 Å². The van der Waals surface area contributed by atoms with Gasteiger partial charge in [0.1, 0.15) is 0 Å². The quantitative estimate of drug-likeness (QED) is 0.0864. The molecule has 0 aromatic heterocycles. The maximum absolute atomic E-state index is 2.65. The predicted octanol–water partition coefficient (Wildman–Crippen LogP) is 11.0. The van der Waals surface area contributed by atoms with E-state index in [0.717, 1.165) is 0 Å². The van der Waals surface area contributed by atoms with E-state index in [2.05, 4.69) is 41.6 Å². The Bertz CT molecular complexity index is 279. The average Bonchev–Trinajstić information content (AvgIpc) is 2.70. The number of hydrogen-bond donors (Lipinski definition) is 0. The summed E-state index contributed by atoms with van der Waals surface area (Å²) in [7, 11) is 4.82. The topological polar surface area (TPSA) is 0 Å². The summed E-state index contributed by atoms with van der Waals surface area (Å²) in [6.07, 6.45) is 29.3. The molecular weight excluding hydrogens is 495 g/mol. The first-order chi connectivity index (χ1) is 14.1. The van der Waals surface area contributed by atoms with Gasteiger partial charge in [0.05, 0.1) is 0 Å². The molecule has 0 aliphatic carbocycles. The van der Waals surface area contributed by atoms with E-state index in [0.29, 0.717) is 0 Å². The Hall–Kier alpha value is 1.50. The van der Waals surface area contributed by atoms with Crippen molar-refractivity contribution in [3.8, 4) is 0 Å². The van der Waals surface area contributed by atoms with Crippen molar-refractivity contribution in [1.82, 2.24) is 0 Å². The fourth-order valence-electron chi connectivity index (χ4n) is 3.86. The minimum absolute atomic E-state index is 1.37. The molecule has 0 spiro atoms. The fourth-order valence-corrected chi connectivity index (χ4v) is 22.3. The third kappa shape index (κ3) is 25.6. The standard InChI is InChI=1S/2C12H26S.2CH3.Sn/c2*1-2-3-4-5-6-7-8-9-10-11-12-13;;;/h2*13H,2-12H2,1H3;2*1H3;/q;;;;+2/p-2. The summed E-state index contributed by atoms with van der Waals surface area (Å²) in [6, 6.07) is 0. The normalized spacial score (nSPS) is 12.0. The van der Waals surface area contributed by atoms with Crippen LogP contribution in [0.5, 0.6) is 0 Å². The summed E-state index contributed by atoms with van der Waals surface area (Å²) >= 11 is -1.81. The predicted molar refractivity (Wildman–Crippen MR) is 146 cm³/mol. The first-order valence-corrected chi connectivity index (χ1v) is 28.1. The molecule has 0 aromatic carbocycles. The molecule has 0 fully saturated rings. The molecule has 3 heteroatoms. The van der Waals surface area contributed by atoms with E-state index in [1.165, 1.54) is 140 Å². The first-order valence-electron chi connectivity index (χ1n) is 13.4. The zero-order chi connectivity index (χ0) is 21.5. The Morgan fingerprint density at radius 1 is 0.379 bits per heavy atom. The van der Waals surface area contributed by atoms with Gasteiger partial charge in [0.15, 0.2) is 0 Å². The smallest absolute Gasteiger partial charge is 0.0654 e. The average molecular weight is 552 g/mol. The van der Waals surface area contributed by atoms with Crippen LogP contribution in [0.1, 0.15) is 142 Å². The van der Waals surface area contributed by atoms with Gasteiger partial charge in [-0.2, -0.15) is 0 Å². The van der Waals surface area contributed by atoms with Crippen LogP contribution in [0.4, 0.5) is 0 Å². The molecule has 0 heterocycles. The SMILES string of the molecule is CCCCCCCCCCCC[S][Sn]([CH3])([CH3])[S]CCCCCCCCCCCC. The van der Waals surface area contributed by atoms with Crippen molar-refractivity contribution in [3.63, 3.8) is 0 Å². The van der Waals surface area contributed by atoms with Gasteiger partial charge in [0.25, 0.3) is 0 Å². The molecule has 0 rings (SSSR count). The van der Waals surface area contributed by atoms with Crippen LogP contribution >= 0.6 is 17.9 Å². The summed E-state index contributed by atoms with van der Waals surface area (Å²) in [4.78, 5) is 5.30. The molecule has 0 saturated heterocycles. The van der Waals surface area contributed by atoms with Crippen molar-refractivity contribution in [2.75, 3.05) is 11.5 Å². The molecule has 0 aliphatic heterocycles. The van der Waals surface area contributed by atoms with Crippen LogP contribution in [0.15, 0.2) is 0 Å². The molecule has 0 amide bonds. The van der Waals surface area contributed by atoms with Crippen molar-refractivity contribution in [2.45, 2.75) is 152 Å². The zero-order valence-electron chi connectivity index (χ0n) is 20.9. The summed E-state index contributed by atoms with van der Waals surface area (Å²) in [5.41, 5.74) is 0. The minimum Gasteiger partial charge on any atom is -0.0654 e. The van der Waals surface area contributed by atoms with Crippen molar-refractivity contribution < 1.29 is 0 Å². The molecule has 0 atom stereocenters. The van der Waals surface area contributed by atoms with Gasteiger partial charge in [0, 0.05) is 0 Å². The van der Waals surface area contributed by atoms with E-state index in [-0.39, 0.29) is 0 Å². The Kier molecular flexibility index (Phi) is 25.4. The van der Waals surface area contributed by atoms with E-state index in [1.807, 2.05) is 0 Å². The Labute approximate surface area is 196 Å². The van der Waals surface area contributed by atoms with E-state index in [4.69, 9.17) is 0 Å². The molecule has 0 bridgehead atoms. The summed E-state index contributed by atoms with van der Waals surface area (Å²) in [6.45, 7) is 4.61. The van der Waals surface area contributed by atoms with Gasteiger partial charge in [-0.3, -0.25) is 0 Å². The third-order valence-electron chi connectivity index (χ3n) is 5.90. The van der Waals surface area contributed by atoms with Crippen molar-refractivity contribution in [1.29, 1.82) is 0 Å². The summed E-state index contributed by atoms with van der Waals surface area (Å²) < 4.78 is 0. The van der Waals surface area contributed by atoms with Crippen LogP contribution in [0.2, 0.25) is 9.88 Å². The van der Waals surface area contributed by atoms with Gasteiger partial charge in [-0.1, -0.05) is 13.8 Å². The number of hydrogen-bond acceptors (Lipinski definition) is 2. The van der Waals surface area contributed by atoms with Crippen molar-refractivity contribution in [2.24, 2.45) is 0 Å². The van der Waals surface area contributed by atoms with Gasteiger partial charge in [-0.05, 0) is 0 Å². The second kappa shape index (κ2) is 24.1. The van der Waals surface area contributed by atoms with Gasteiger partial charge in [0.2, 0.25) is 0 Å². The molecule has 176 valence electrons. The van der Waals surface area contributed by atoms with Crippen molar-refractivity contribution >= 4 is 33.5 Å². The van der Waals surface area contributed by atoms with E-state index in [1.54, 1.807) is 0 Å². The van der Waals surface area contributed by atoms with Gasteiger partial charge in [-0.25, -0.2) is 0 Å². The maximum atomic E-state index is 2.65. The molecule has 0 aromatic rings. The summed E-state index contributed by atoms with van der Waals surface area (Å²) in [5.74, 6) is 2.90.